The molecule has 0 saturated carbocycles. The quantitative estimate of drug-likeness (QED) is 0.656. The van der Waals surface area contributed by atoms with Gasteiger partial charge in [-0.2, -0.15) is 0 Å². The van der Waals surface area contributed by atoms with E-state index in [1.165, 1.54) is 5.56 Å². The van der Waals surface area contributed by atoms with E-state index in [0.29, 0.717) is 13.2 Å². The summed E-state index contributed by atoms with van der Waals surface area (Å²) in [5.74, 6) is -0.633. The number of aromatic nitrogens is 1. The molecule has 1 aliphatic heterocycles. The Labute approximate surface area is 77.7 Å². The molecular formula is C10H13NO2. The van der Waals surface area contributed by atoms with Gasteiger partial charge in [0.05, 0.1) is 18.9 Å². The number of nitrogens with zero attached hydrogens (tertiary/aromatic N) is 1. The average Bonchev–Trinajstić information content (AvgIpc) is 2.54. The van der Waals surface area contributed by atoms with Crippen molar-refractivity contribution < 1.29 is 9.47 Å². The minimum absolute atomic E-state index is 0.633. The summed E-state index contributed by atoms with van der Waals surface area (Å²) < 4.78 is 11.0. The molecule has 70 valence electrons. The first-order chi connectivity index (χ1) is 6.21. The van der Waals surface area contributed by atoms with Crippen LogP contribution in [-0.2, 0) is 15.3 Å². The van der Waals surface area contributed by atoms with E-state index in [1.54, 1.807) is 6.20 Å². The standard InChI is InChI=1S/C10H13NO2/c1-8-3-4-11-9(7-8)10(2)12-5-6-13-10/h3-4,7H,5-6H2,1-2H3. The summed E-state index contributed by atoms with van der Waals surface area (Å²) in [4.78, 5) is 4.24. The Morgan fingerprint density at radius 1 is 1.38 bits per heavy atom. The van der Waals surface area contributed by atoms with Gasteiger partial charge in [-0.15, -0.1) is 0 Å². The van der Waals surface area contributed by atoms with Crippen molar-refractivity contribution in [2.45, 2.75) is 19.6 Å². The van der Waals surface area contributed by atoms with Gasteiger partial charge in [0.2, 0.25) is 5.79 Å². The predicted molar refractivity (Wildman–Crippen MR) is 48.2 cm³/mol. The SMILES string of the molecule is Cc1ccnc(C2(C)OCCO2)c1. The van der Waals surface area contributed by atoms with E-state index in [2.05, 4.69) is 4.98 Å². The Kier molecular flexibility index (Phi) is 2.06. The summed E-state index contributed by atoms with van der Waals surface area (Å²) in [7, 11) is 0. The summed E-state index contributed by atoms with van der Waals surface area (Å²) in [6, 6.07) is 3.95. The molecule has 2 rings (SSSR count). The molecule has 0 radical (unpaired) electrons. The summed E-state index contributed by atoms with van der Waals surface area (Å²) >= 11 is 0. The van der Waals surface area contributed by atoms with Crippen molar-refractivity contribution in [2.24, 2.45) is 0 Å². The fourth-order valence-corrected chi connectivity index (χ4v) is 1.45. The molecule has 0 spiro atoms. The average molecular weight is 179 g/mol. The van der Waals surface area contributed by atoms with Crippen molar-refractivity contribution in [2.75, 3.05) is 13.2 Å². The maximum atomic E-state index is 5.50. The molecule has 0 aromatic carbocycles. The second-order valence-corrected chi connectivity index (χ2v) is 3.36. The molecule has 0 unspecified atom stereocenters. The van der Waals surface area contributed by atoms with Gasteiger partial charge in [0, 0.05) is 6.20 Å². The van der Waals surface area contributed by atoms with E-state index in [9.17, 15) is 0 Å². The maximum absolute atomic E-state index is 5.50. The van der Waals surface area contributed by atoms with Gasteiger partial charge in [0.1, 0.15) is 0 Å². The highest BCUT2D eigenvalue weighted by atomic mass is 16.7. The summed E-state index contributed by atoms with van der Waals surface area (Å²) in [5, 5.41) is 0. The van der Waals surface area contributed by atoms with E-state index in [1.807, 2.05) is 26.0 Å². The molecule has 0 bridgehead atoms. The van der Waals surface area contributed by atoms with Gasteiger partial charge in [0.15, 0.2) is 0 Å². The van der Waals surface area contributed by atoms with Gasteiger partial charge in [0.25, 0.3) is 0 Å². The molecule has 0 atom stereocenters. The zero-order valence-corrected chi connectivity index (χ0v) is 7.91. The zero-order chi connectivity index (χ0) is 9.31. The molecule has 1 aromatic heterocycles. The lowest BCUT2D eigenvalue weighted by atomic mass is 10.1. The Morgan fingerprint density at radius 2 is 2.08 bits per heavy atom. The first-order valence-electron chi connectivity index (χ1n) is 4.42. The second-order valence-electron chi connectivity index (χ2n) is 3.36. The first-order valence-corrected chi connectivity index (χ1v) is 4.42. The van der Waals surface area contributed by atoms with Gasteiger partial charge < -0.3 is 9.47 Å². The molecule has 0 N–H and O–H groups in total. The fraction of sp³-hybridized carbons (Fsp3) is 0.500. The molecule has 13 heavy (non-hydrogen) atoms. The zero-order valence-electron chi connectivity index (χ0n) is 7.91. The molecule has 1 aromatic rings. The topological polar surface area (TPSA) is 31.4 Å². The predicted octanol–water partition coefficient (Wildman–Crippen LogP) is 1.61. The highest BCUT2D eigenvalue weighted by molar-refractivity contribution is 5.18. The van der Waals surface area contributed by atoms with Gasteiger partial charge in [-0.3, -0.25) is 4.98 Å². The van der Waals surface area contributed by atoms with Crippen LogP contribution in [0.2, 0.25) is 0 Å². The Morgan fingerprint density at radius 3 is 2.69 bits per heavy atom. The van der Waals surface area contributed by atoms with Crippen molar-refractivity contribution in [3.63, 3.8) is 0 Å². The van der Waals surface area contributed by atoms with E-state index < -0.39 is 5.79 Å². The molecule has 0 amide bonds. The van der Waals surface area contributed by atoms with Crippen molar-refractivity contribution >= 4 is 0 Å². The molecule has 0 aliphatic carbocycles. The van der Waals surface area contributed by atoms with Gasteiger partial charge in [-0.05, 0) is 31.5 Å². The second kappa shape index (κ2) is 3.09. The summed E-state index contributed by atoms with van der Waals surface area (Å²) in [6.45, 7) is 5.23. The first kappa shape index (κ1) is 8.66. The van der Waals surface area contributed by atoms with Crippen molar-refractivity contribution in [3.8, 4) is 0 Å². The lowest BCUT2D eigenvalue weighted by Crippen LogP contribution is -2.23. The molecule has 1 fully saturated rings. The third kappa shape index (κ3) is 1.57. The molecule has 3 heteroatoms. The van der Waals surface area contributed by atoms with Crippen LogP contribution in [0.1, 0.15) is 18.2 Å². The molecule has 2 heterocycles. The third-order valence-corrected chi connectivity index (χ3v) is 2.22. The number of ether oxygens (including phenoxy) is 2. The largest absolute Gasteiger partial charge is 0.342 e. The number of hydrogen-bond acceptors (Lipinski definition) is 3. The minimum atomic E-state index is -0.633. The van der Waals surface area contributed by atoms with Gasteiger partial charge in [-0.1, -0.05) is 0 Å². The van der Waals surface area contributed by atoms with Crippen LogP contribution in [0.25, 0.3) is 0 Å². The van der Waals surface area contributed by atoms with Crippen LogP contribution < -0.4 is 0 Å². The van der Waals surface area contributed by atoms with Gasteiger partial charge >= 0.3 is 0 Å². The number of aryl methyl sites for hydroxylation is 1. The normalized spacial score (nSPS) is 20.5. The number of hydrogen-bond donors (Lipinski definition) is 0. The lowest BCUT2D eigenvalue weighted by molar-refractivity contribution is -0.152. The summed E-state index contributed by atoms with van der Waals surface area (Å²) in [5.41, 5.74) is 2.02. The summed E-state index contributed by atoms with van der Waals surface area (Å²) in [6.07, 6.45) is 1.78. The molecule has 1 saturated heterocycles. The molecule has 1 aliphatic rings. The van der Waals surface area contributed by atoms with E-state index in [4.69, 9.17) is 9.47 Å². The van der Waals surface area contributed by atoms with Crippen LogP contribution >= 0.6 is 0 Å². The minimum Gasteiger partial charge on any atom is -0.342 e. The Bertz CT molecular complexity index is 306. The smallest absolute Gasteiger partial charge is 0.209 e. The Hall–Kier alpha value is -0.930. The number of rotatable bonds is 1. The lowest BCUT2D eigenvalue weighted by Gasteiger charge is -2.21. The van der Waals surface area contributed by atoms with Crippen molar-refractivity contribution in [1.29, 1.82) is 0 Å². The van der Waals surface area contributed by atoms with Crippen LogP contribution in [0.3, 0.4) is 0 Å². The van der Waals surface area contributed by atoms with Crippen LogP contribution in [0.4, 0.5) is 0 Å². The van der Waals surface area contributed by atoms with E-state index in [0.717, 1.165) is 5.69 Å². The monoisotopic (exact) mass is 179 g/mol. The molecular weight excluding hydrogens is 166 g/mol. The van der Waals surface area contributed by atoms with E-state index >= 15 is 0 Å². The van der Waals surface area contributed by atoms with E-state index in [-0.39, 0.29) is 0 Å². The van der Waals surface area contributed by atoms with Crippen LogP contribution in [0.15, 0.2) is 18.3 Å². The van der Waals surface area contributed by atoms with Crippen LogP contribution in [0, 0.1) is 6.92 Å². The maximum Gasteiger partial charge on any atom is 0.209 e. The van der Waals surface area contributed by atoms with Crippen molar-refractivity contribution in [3.05, 3.63) is 29.6 Å². The third-order valence-electron chi connectivity index (χ3n) is 2.22. The highest BCUT2D eigenvalue weighted by Gasteiger charge is 2.34. The highest BCUT2D eigenvalue weighted by Crippen LogP contribution is 2.29. The van der Waals surface area contributed by atoms with Gasteiger partial charge in [-0.25, -0.2) is 0 Å². The molecule has 3 nitrogen and oxygen atoms in total. The van der Waals surface area contributed by atoms with Crippen LogP contribution in [0.5, 0.6) is 0 Å². The fourth-order valence-electron chi connectivity index (χ4n) is 1.45. The number of pyridine rings is 1. The van der Waals surface area contributed by atoms with Crippen LogP contribution in [-0.4, -0.2) is 18.2 Å². The van der Waals surface area contributed by atoms with Crippen molar-refractivity contribution in [1.82, 2.24) is 4.98 Å². The Balaban J connectivity index is 2.33.